The van der Waals surface area contributed by atoms with Crippen molar-refractivity contribution < 1.29 is 13.9 Å². The minimum absolute atomic E-state index is 0.164. The summed E-state index contributed by atoms with van der Waals surface area (Å²) in [4.78, 5) is 19.4. The van der Waals surface area contributed by atoms with Crippen LogP contribution in [0.5, 0.6) is 5.75 Å². The Labute approximate surface area is 181 Å². The van der Waals surface area contributed by atoms with Crippen LogP contribution in [0.3, 0.4) is 0 Å². The molecule has 1 unspecified atom stereocenters. The van der Waals surface area contributed by atoms with Crippen LogP contribution in [0.15, 0.2) is 71.1 Å². The standard InChI is InChI=1S/C26H26N2O3/c29-25(15-7-17-30-23-14-5-9-19-8-1-2-11-21(19)23)28-16-6-10-20(18-28)26-27-22-12-3-4-13-24(22)31-26/h1-5,8-9,11-14,20H,6-7,10,15-18H2. The summed E-state index contributed by atoms with van der Waals surface area (Å²) in [6.07, 6.45) is 3.17. The lowest BCUT2D eigenvalue weighted by Crippen LogP contribution is -2.39. The van der Waals surface area contributed by atoms with Gasteiger partial charge in [0, 0.05) is 24.9 Å². The summed E-state index contributed by atoms with van der Waals surface area (Å²) in [5.41, 5.74) is 1.69. The molecular weight excluding hydrogens is 388 g/mol. The minimum Gasteiger partial charge on any atom is -0.493 e. The first-order valence-corrected chi connectivity index (χ1v) is 11.0. The third kappa shape index (κ3) is 4.26. The molecule has 1 atom stereocenters. The number of hydrogen-bond acceptors (Lipinski definition) is 4. The van der Waals surface area contributed by atoms with Crippen LogP contribution >= 0.6 is 0 Å². The van der Waals surface area contributed by atoms with Gasteiger partial charge in [0.05, 0.1) is 12.5 Å². The van der Waals surface area contributed by atoms with Crippen LogP contribution in [0, 0.1) is 0 Å². The first-order valence-electron chi connectivity index (χ1n) is 11.0. The zero-order valence-corrected chi connectivity index (χ0v) is 17.5. The SMILES string of the molecule is O=C(CCCOc1cccc2ccccc12)N1CCCC(c2nc3ccccc3o2)C1. The Bertz CT molecular complexity index is 1160. The Morgan fingerprint density at radius 2 is 1.90 bits per heavy atom. The summed E-state index contributed by atoms with van der Waals surface area (Å²) in [6.45, 7) is 2.01. The van der Waals surface area contributed by atoms with Crippen LogP contribution in [0.2, 0.25) is 0 Å². The molecule has 1 aromatic heterocycles. The van der Waals surface area contributed by atoms with Gasteiger partial charge in [0.2, 0.25) is 5.91 Å². The van der Waals surface area contributed by atoms with Crippen molar-refractivity contribution in [2.75, 3.05) is 19.7 Å². The van der Waals surface area contributed by atoms with Crippen LogP contribution < -0.4 is 4.74 Å². The third-order valence-electron chi connectivity index (χ3n) is 5.98. The summed E-state index contributed by atoms with van der Waals surface area (Å²) < 4.78 is 11.9. The van der Waals surface area contributed by atoms with Gasteiger partial charge in [-0.2, -0.15) is 0 Å². The lowest BCUT2D eigenvalue weighted by Gasteiger charge is -2.31. The number of piperidine rings is 1. The molecule has 0 saturated carbocycles. The average Bonchev–Trinajstić information content (AvgIpc) is 3.26. The highest BCUT2D eigenvalue weighted by atomic mass is 16.5. The second-order valence-electron chi connectivity index (χ2n) is 8.13. The quantitative estimate of drug-likeness (QED) is 0.388. The molecule has 5 nitrogen and oxygen atoms in total. The Kier molecular flexibility index (Phi) is 5.57. The molecule has 1 amide bonds. The number of likely N-dealkylation sites (tertiary alicyclic amines) is 1. The highest BCUT2D eigenvalue weighted by Gasteiger charge is 2.27. The van der Waals surface area contributed by atoms with Crippen molar-refractivity contribution in [2.45, 2.75) is 31.6 Å². The van der Waals surface area contributed by atoms with E-state index in [0.717, 1.165) is 52.9 Å². The van der Waals surface area contributed by atoms with Crippen molar-refractivity contribution >= 4 is 27.8 Å². The second kappa shape index (κ2) is 8.80. The van der Waals surface area contributed by atoms with Crippen molar-refractivity contribution in [3.8, 4) is 5.75 Å². The number of amides is 1. The van der Waals surface area contributed by atoms with Crippen molar-refractivity contribution in [3.05, 3.63) is 72.6 Å². The molecule has 0 spiro atoms. The van der Waals surface area contributed by atoms with E-state index >= 15 is 0 Å². The molecule has 5 rings (SSSR count). The molecular formula is C26H26N2O3. The highest BCUT2D eigenvalue weighted by molar-refractivity contribution is 5.88. The number of carbonyl (C=O) groups is 1. The predicted octanol–water partition coefficient (Wildman–Crippen LogP) is 5.55. The summed E-state index contributed by atoms with van der Waals surface area (Å²) in [5, 5.41) is 2.27. The molecule has 4 aromatic rings. The predicted molar refractivity (Wildman–Crippen MR) is 121 cm³/mol. The number of rotatable bonds is 6. The molecule has 1 fully saturated rings. The zero-order valence-electron chi connectivity index (χ0n) is 17.5. The fraction of sp³-hybridized carbons (Fsp3) is 0.308. The van der Waals surface area contributed by atoms with Crippen LogP contribution in [-0.4, -0.2) is 35.5 Å². The second-order valence-corrected chi connectivity index (χ2v) is 8.13. The third-order valence-corrected chi connectivity index (χ3v) is 5.98. The Morgan fingerprint density at radius 3 is 2.84 bits per heavy atom. The van der Waals surface area contributed by atoms with Gasteiger partial charge < -0.3 is 14.1 Å². The largest absolute Gasteiger partial charge is 0.493 e. The Morgan fingerprint density at radius 1 is 1.06 bits per heavy atom. The normalized spacial score (nSPS) is 16.6. The summed E-state index contributed by atoms with van der Waals surface area (Å²) >= 11 is 0. The molecule has 0 aliphatic carbocycles. The van der Waals surface area contributed by atoms with Gasteiger partial charge >= 0.3 is 0 Å². The number of ether oxygens (including phenoxy) is 1. The fourth-order valence-corrected chi connectivity index (χ4v) is 4.36. The van der Waals surface area contributed by atoms with E-state index in [0.29, 0.717) is 26.0 Å². The van der Waals surface area contributed by atoms with Crippen LogP contribution in [0.4, 0.5) is 0 Å². The van der Waals surface area contributed by atoms with Gasteiger partial charge in [0.25, 0.3) is 0 Å². The zero-order chi connectivity index (χ0) is 21.0. The molecule has 31 heavy (non-hydrogen) atoms. The van der Waals surface area contributed by atoms with Gasteiger partial charge in [-0.15, -0.1) is 0 Å². The molecule has 1 aliphatic heterocycles. The van der Waals surface area contributed by atoms with Crippen LogP contribution in [0.1, 0.15) is 37.5 Å². The monoisotopic (exact) mass is 414 g/mol. The summed E-state index contributed by atoms with van der Waals surface area (Å²) in [7, 11) is 0. The maximum Gasteiger partial charge on any atom is 0.222 e. The van der Waals surface area contributed by atoms with Crippen molar-refractivity contribution in [1.82, 2.24) is 9.88 Å². The van der Waals surface area contributed by atoms with E-state index in [9.17, 15) is 4.79 Å². The lowest BCUT2D eigenvalue weighted by atomic mass is 9.97. The highest BCUT2D eigenvalue weighted by Crippen LogP contribution is 2.29. The van der Waals surface area contributed by atoms with E-state index in [-0.39, 0.29) is 11.8 Å². The number of nitrogens with zero attached hydrogens (tertiary/aromatic N) is 2. The van der Waals surface area contributed by atoms with Gasteiger partial charge in [-0.1, -0.05) is 48.5 Å². The molecule has 1 saturated heterocycles. The number of benzene rings is 3. The van der Waals surface area contributed by atoms with Crippen molar-refractivity contribution in [1.29, 1.82) is 0 Å². The van der Waals surface area contributed by atoms with E-state index in [1.165, 1.54) is 0 Å². The van der Waals surface area contributed by atoms with E-state index < -0.39 is 0 Å². The van der Waals surface area contributed by atoms with Gasteiger partial charge in [-0.3, -0.25) is 4.79 Å². The first-order chi connectivity index (χ1) is 15.3. The number of oxazole rings is 1. The number of para-hydroxylation sites is 2. The minimum atomic E-state index is 0.164. The van der Waals surface area contributed by atoms with Crippen LogP contribution in [-0.2, 0) is 4.79 Å². The molecule has 2 heterocycles. The molecule has 3 aromatic carbocycles. The van der Waals surface area contributed by atoms with Crippen molar-refractivity contribution in [2.24, 2.45) is 0 Å². The average molecular weight is 415 g/mol. The molecule has 0 radical (unpaired) electrons. The van der Waals surface area contributed by atoms with Crippen molar-refractivity contribution in [3.63, 3.8) is 0 Å². The van der Waals surface area contributed by atoms with E-state index in [2.05, 4.69) is 23.2 Å². The molecule has 5 heteroatoms. The molecule has 1 aliphatic rings. The van der Waals surface area contributed by atoms with E-state index in [4.69, 9.17) is 9.15 Å². The van der Waals surface area contributed by atoms with E-state index in [1.54, 1.807) is 0 Å². The van der Waals surface area contributed by atoms with Gasteiger partial charge in [-0.05, 0) is 42.8 Å². The number of carbonyl (C=O) groups excluding carboxylic acids is 1. The maximum atomic E-state index is 12.8. The van der Waals surface area contributed by atoms with Gasteiger partial charge in [-0.25, -0.2) is 4.98 Å². The summed E-state index contributed by atoms with van der Waals surface area (Å²) in [5.74, 6) is 1.97. The van der Waals surface area contributed by atoms with Gasteiger partial charge in [0.1, 0.15) is 11.3 Å². The lowest BCUT2D eigenvalue weighted by molar-refractivity contribution is -0.132. The topological polar surface area (TPSA) is 55.6 Å². The smallest absolute Gasteiger partial charge is 0.222 e. The molecule has 0 bridgehead atoms. The molecule has 0 N–H and O–H groups in total. The Hall–Kier alpha value is -3.34. The fourth-order valence-electron chi connectivity index (χ4n) is 4.36. The maximum absolute atomic E-state index is 12.8. The number of fused-ring (bicyclic) bond motifs is 2. The Balaban J connectivity index is 1.15. The van der Waals surface area contributed by atoms with E-state index in [1.807, 2.05) is 53.4 Å². The number of aromatic nitrogens is 1. The van der Waals surface area contributed by atoms with Crippen LogP contribution in [0.25, 0.3) is 21.9 Å². The number of hydrogen-bond donors (Lipinski definition) is 0. The summed E-state index contributed by atoms with van der Waals surface area (Å²) in [6, 6.07) is 22.1. The molecule has 158 valence electrons. The first kappa shape index (κ1) is 19.6. The van der Waals surface area contributed by atoms with Gasteiger partial charge in [0.15, 0.2) is 11.5 Å².